The van der Waals surface area contributed by atoms with E-state index in [1.807, 2.05) is 0 Å². The lowest BCUT2D eigenvalue weighted by Gasteiger charge is -2.18. The maximum absolute atomic E-state index is 13.0. The first kappa shape index (κ1) is 17.4. The Kier molecular flexibility index (Phi) is 5.68. The van der Waals surface area contributed by atoms with E-state index in [2.05, 4.69) is 10.3 Å². The molecular weight excluding hydrogens is 343 g/mol. The summed E-state index contributed by atoms with van der Waals surface area (Å²) in [6.07, 6.45) is 2.93. The van der Waals surface area contributed by atoms with E-state index < -0.39 is 26.8 Å². The number of pyridine rings is 1. The Morgan fingerprint density at radius 2 is 1.96 bits per heavy atom. The van der Waals surface area contributed by atoms with Crippen LogP contribution >= 0.6 is 11.6 Å². The number of amides is 1. The number of halogens is 2. The molecule has 0 bridgehead atoms. The number of benzene rings is 1. The molecule has 2 aromatic rings. The fourth-order valence-electron chi connectivity index (χ4n) is 2.02. The number of carbonyl (C=O) groups excluding carboxylic acids is 1. The van der Waals surface area contributed by atoms with E-state index in [4.69, 9.17) is 11.6 Å². The topological polar surface area (TPSA) is 76.1 Å². The molecule has 8 heteroatoms. The number of sulfone groups is 1. The Hall–Kier alpha value is -1.99. The molecule has 1 amide bonds. The molecule has 122 valence electrons. The Morgan fingerprint density at radius 1 is 1.26 bits per heavy atom. The first-order valence-electron chi connectivity index (χ1n) is 6.67. The van der Waals surface area contributed by atoms with Gasteiger partial charge in [0.1, 0.15) is 16.9 Å². The van der Waals surface area contributed by atoms with E-state index in [1.54, 1.807) is 12.1 Å². The van der Waals surface area contributed by atoms with Crippen molar-refractivity contribution in [2.45, 2.75) is 10.1 Å². The van der Waals surface area contributed by atoms with Crippen LogP contribution in [0.2, 0.25) is 0 Å². The zero-order valence-corrected chi connectivity index (χ0v) is 13.5. The number of nitrogens with zero attached hydrogens (tertiary/aromatic N) is 1. The second-order valence-corrected chi connectivity index (χ2v) is 7.11. The highest BCUT2D eigenvalue weighted by molar-refractivity contribution is 7.91. The van der Waals surface area contributed by atoms with Crippen molar-refractivity contribution in [2.24, 2.45) is 0 Å². The molecule has 0 fully saturated rings. The van der Waals surface area contributed by atoms with E-state index in [-0.39, 0.29) is 17.3 Å². The molecular formula is C15H14ClFN2O3S. The van der Waals surface area contributed by atoms with Crippen molar-refractivity contribution in [2.75, 3.05) is 12.4 Å². The molecule has 5 nitrogen and oxygen atoms in total. The van der Waals surface area contributed by atoms with Crippen LogP contribution in [-0.2, 0) is 14.6 Å². The summed E-state index contributed by atoms with van der Waals surface area (Å²) in [5.41, 5.74) is 0.423. The summed E-state index contributed by atoms with van der Waals surface area (Å²) in [4.78, 5) is 15.2. The van der Waals surface area contributed by atoms with Gasteiger partial charge in [0, 0.05) is 18.9 Å². The Labute approximate surface area is 138 Å². The van der Waals surface area contributed by atoms with Crippen LogP contribution in [0.15, 0.2) is 53.7 Å². The van der Waals surface area contributed by atoms with Gasteiger partial charge in [0.05, 0.1) is 4.90 Å². The van der Waals surface area contributed by atoms with Gasteiger partial charge < -0.3 is 5.32 Å². The van der Waals surface area contributed by atoms with Gasteiger partial charge in [0.15, 0.2) is 9.84 Å². The standard InChI is InChI=1S/C15H14ClFN2O3S/c16-8-15(20)19-10-14(11-2-1-7-18-9-11)23(21,22)13-5-3-12(17)4-6-13/h1-7,9,14H,8,10H2,(H,19,20). The minimum absolute atomic E-state index is 0.0344. The maximum Gasteiger partial charge on any atom is 0.234 e. The molecule has 1 unspecified atom stereocenters. The zero-order chi connectivity index (χ0) is 16.9. The second-order valence-electron chi connectivity index (χ2n) is 4.71. The summed E-state index contributed by atoms with van der Waals surface area (Å²) in [7, 11) is -3.84. The summed E-state index contributed by atoms with van der Waals surface area (Å²) in [5.74, 6) is -1.27. The van der Waals surface area contributed by atoms with Crippen molar-refractivity contribution in [3.05, 3.63) is 60.2 Å². The van der Waals surface area contributed by atoms with Crippen LogP contribution in [0, 0.1) is 5.82 Å². The molecule has 1 heterocycles. The van der Waals surface area contributed by atoms with Crippen LogP contribution in [0.5, 0.6) is 0 Å². The van der Waals surface area contributed by atoms with Crippen LogP contribution in [0.25, 0.3) is 0 Å². The number of aromatic nitrogens is 1. The first-order chi connectivity index (χ1) is 10.9. The highest BCUT2D eigenvalue weighted by Gasteiger charge is 2.29. The minimum Gasteiger partial charge on any atom is -0.353 e. The SMILES string of the molecule is O=C(CCl)NCC(c1cccnc1)S(=O)(=O)c1ccc(F)cc1. The molecule has 1 aromatic heterocycles. The van der Waals surface area contributed by atoms with Gasteiger partial charge in [-0.2, -0.15) is 0 Å². The van der Waals surface area contributed by atoms with Gasteiger partial charge in [-0.15, -0.1) is 11.6 Å². The molecule has 0 aliphatic carbocycles. The largest absolute Gasteiger partial charge is 0.353 e. The smallest absolute Gasteiger partial charge is 0.234 e. The highest BCUT2D eigenvalue weighted by Crippen LogP contribution is 2.28. The number of hydrogen-bond acceptors (Lipinski definition) is 4. The monoisotopic (exact) mass is 356 g/mol. The van der Waals surface area contributed by atoms with Crippen LogP contribution in [0.4, 0.5) is 4.39 Å². The summed E-state index contributed by atoms with van der Waals surface area (Å²) >= 11 is 5.41. The molecule has 1 atom stereocenters. The Balaban J connectivity index is 2.39. The highest BCUT2D eigenvalue weighted by atomic mass is 35.5. The third kappa shape index (κ3) is 4.27. The van der Waals surface area contributed by atoms with E-state index in [0.717, 1.165) is 12.1 Å². The van der Waals surface area contributed by atoms with Crippen molar-refractivity contribution in [3.8, 4) is 0 Å². The lowest BCUT2D eigenvalue weighted by Crippen LogP contribution is -2.32. The van der Waals surface area contributed by atoms with Gasteiger partial charge in [0.2, 0.25) is 5.91 Å². The summed E-state index contributed by atoms with van der Waals surface area (Å²) in [6.45, 7) is -0.156. The number of rotatable bonds is 6. The minimum atomic E-state index is -3.84. The van der Waals surface area contributed by atoms with Crippen LogP contribution in [0.1, 0.15) is 10.8 Å². The average Bonchev–Trinajstić information content (AvgIpc) is 2.56. The molecule has 0 aliphatic heterocycles. The predicted molar refractivity (Wildman–Crippen MR) is 84.3 cm³/mol. The van der Waals surface area contributed by atoms with Crippen molar-refractivity contribution in [1.29, 1.82) is 0 Å². The zero-order valence-electron chi connectivity index (χ0n) is 11.9. The summed E-state index contributed by atoms with van der Waals surface area (Å²) in [6, 6.07) is 7.74. The van der Waals surface area contributed by atoms with Gasteiger partial charge in [-0.05, 0) is 35.9 Å². The number of hydrogen-bond donors (Lipinski definition) is 1. The third-order valence-electron chi connectivity index (χ3n) is 3.18. The predicted octanol–water partition coefficient (Wildman–Crippen LogP) is 2.09. The fraction of sp³-hybridized carbons (Fsp3) is 0.200. The molecule has 0 aliphatic rings. The van der Waals surface area contributed by atoms with E-state index in [0.29, 0.717) is 5.56 Å². The number of carbonyl (C=O) groups is 1. The summed E-state index contributed by atoms with van der Waals surface area (Å²) in [5, 5.41) is 1.42. The quantitative estimate of drug-likeness (QED) is 0.635. The van der Waals surface area contributed by atoms with Gasteiger partial charge in [-0.3, -0.25) is 9.78 Å². The number of alkyl halides is 1. The Morgan fingerprint density at radius 3 is 2.52 bits per heavy atom. The van der Waals surface area contributed by atoms with Crippen LogP contribution < -0.4 is 5.32 Å². The number of nitrogens with one attached hydrogen (secondary N) is 1. The molecule has 0 saturated carbocycles. The van der Waals surface area contributed by atoms with E-state index in [1.165, 1.54) is 24.5 Å². The normalized spacial score (nSPS) is 12.6. The van der Waals surface area contributed by atoms with Crippen molar-refractivity contribution >= 4 is 27.3 Å². The Bertz CT molecular complexity index is 767. The lowest BCUT2D eigenvalue weighted by molar-refractivity contribution is -0.118. The first-order valence-corrected chi connectivity index (χ1v) is 8.75. The lowest BCUT2D eigenvalue weighted by atomic mass is 10.2. The maximum atomic E-state index is 13.0. The third-order valence-corrected chi connectivity index (χ3v) is 5.54. The molecule has 0 spiro atoms. The van der Waals surface area contributed by atoms with Gasteiger partial charge in [-0.25, -0.2) is 12.8 Å². The molecule has 23 heavy (non-hydrogen) atoms. The van der Waals surface area contributed by atoms with Gasteiger partial charge >= 0.3 is 0 Å². The van der Waals surface area contributed by atoms with E-state index >= 15 is 0 Å². The van der Waals surface area contributed by atoms with Crippen molar-refractivity contribution in [3.63, 3.8) is 0 Å². The second kappa shape index (κ2) is 7.52. The van der Waals surface area contributed by atoms with Crippen LogP contribution in [0.3, 0.4) is 0 Å². The van der Waals surface area contributed by atoms with Crippen molar-refractivity contribution < 1.29 is 17.6 Å². The van der Waals surface area contributed by atoms with Gasteiger partial charge in [-0.1, -0.05) is 6.07 Å². The summed E-state index contributed by atoms with van der Waals surface area (Å²) < 4.78 is 38.6. The molecule has 1 N–H and O–H groups in total. The molecule has 0 radical (unpaired) electrons. The molecule has 2 rings (SSSR count). The van der Waals surface area contributed by atoms with Gasteiger partial charge in [0.25, 0.3) is 0 Å². The average molecular weight is 357 g/mol. The van der Waals surface area contributed by atoms with Crippen LogP contribution in [-0.4, -0.2) is 31.7 Å². The molecule has 0 saturated heterocycles. The van der Waals surface area contributed by atoms with Crippen molar-refractivity contribution in [1.82, 2.24) is 10.3 Å². The fourth-order valence-corrected chi connectivity index (χ4v) is 3.75. The van der Waals surface area contributed by atoms with E-state index in [9.17, 15) is 17.6 Å². The molecule has 1 aromatic carbocycles.